The van der Waals surface area contributed by atoms with Crippen LogP contribution in [0.15, 0.2) is 24.5 Å². The maximum absolute atomic E-state index is 10.5. The summed E-state index contributed by atoms with van der Waals surface area (Å²) in [5.74, 6) is 0.369. The summed E-state index contributed by atoms with van der Waals surface area (Å²) in [5.41, 5.74) is 1.55. The molecule has 0 aromatic carbocycles. The maximum atomic E-state index is 10.5. The van der Waals surface area contributed by atoms with Crippen LogP contribution in [0.4, 0.5) is 0 Å². The molecule has 2 N–H and O–H groups in total. The van der Waals surface area contributed by atoms with Gasteiger partial charge < -0.3 is 4.74 Å². The van der Waals surface area contributed by atoms with E-state index in [9.17, 15) is 4.79 Å². The van der Waals surface area contributed by atoms with Crippen LogP contribution in [0.25, 0.3) is 0 Å². The predicted molar refractivity (Wildman–Crippen MR) is 49.1 cm³/mol. The number of allylic oxidation sites excluding steroid dienone is 3. The van der Waals surface area contributed by atoms with E-state index in [2.05, 4.69) is 6.58 Å². The molecule has 0 radical (unpaired) electrons. The predicted octanol–water partition coefficient (Wildman–Crippen LogP) is 1.38. The molecule has 0 fully saturated rings. The smallest absolute Gasteiger partial charge is 0.243 e. The molecule has 74 valence electrons. The lowest BCUT2D eigenvalue weighted by molar-refractivity contribution is -0.129. The third-order valence-electron chi connectivity index (χ3n) is 1.36. The molecular weight excluding hydrogens is 170 g/mol. The molecule has 4 heteroatoms. The van der Waals surface area contributed by atoms with E-state index < -0.39 is 5.91 Å². The van der Waals surface area contributed by atoms with Gasteiger partial charge in [-0.05, 0) is 19.4 Å². The summed E-state index contributed by atoms with van der Waals surface area (Å²) in [6, 6.07) is 0. The van der Waals surface area contributed by atoms with E-state index in [4.69, 9.17) is 9.94 Å². The van der Waals surface area contributed by atoms with Crippen LogP contribution in [0.5, 0.6) is 0 Å². The number of amides is 1. The number of carbonyl (C=O) groups excluding carboxylic acids is 1. The average molecular weight is 185 g/mol. The molecule has 0 spiro atoms. The van der Waals surface area contributed by atoms with Crippen molar-refractivity contribution in [3.05, 3.63) is 24.5 Å². The monoisotopic (exact) mass is 185 g/mol. The van der Waals surface area contributed by atoms with Crippen LogP contribution >= 0.6 is 0 Å². The van der Waals surface area contributed by atoms with Gasteiger partial charge in [0.15, 0.2) is 0 Å². The SMILES string of the molecule is C=C/C=C(\C)OCCCC(=O)NO. The Morgan fingerprint density at radius 1 is 1.69 bits per heavy atom. The van der Waals surface area contributed by atoms with Crippen molar-refractivity contribution in [1.29, 1.82) is 0 Å². The van der Waals surface area contributed by atoms with E-state index in [0.717, 1.165) is 5.76 Å². The van der Waals surface area contributed by atoms with E-state index in [-0.39, 0.29) is 6.42 Å². The standard InChI is InChI=1S/C9H15NO3/c1-3-5-8(2)13-7-4-6-9(11)10-12/h3,5,12H,1,4,6-7H2,2H3,(H,10,11)/b8-5+. The van der Waals surface area contributed by atoms with Crippen LogP contribution in [-0.4, -0.2) is 17.7 Å². The molecule has 0 saturated carbocycles. The van der Waals surface area contributed by atoms with Crippen LogP contribution in [0.2, 0.25) is 0 Å². The molecular formula is C9H15NO3. The highest BCUT2D eigenvalue weighted by molar-refractivity contribution is 5.74. The van der Waals surface area contributed by atoms with Gasteiger partial charge in [-0.15, -0.1) is 0 Å². The van der Waals surface area contributed by atoms with Crippen molar-refractivity contribution in [2.24, 2.45) is 0 Å². The van der Waals surface area contributed by atoms with Crippen molar-refractivity contribution in [2.75, 3.05) is 6.61 Å². The minimum atomic E-state index is -0.394. The fourth-order valence-electron chi connectivity index (χ4n) is 0.736. The fourth-order valence-corrected chi connectivity index (χ4v) is 0.736. The van der Waals surface area contributed by atoms with Gasteiger partial charge in [-0.25, -0.2) is 5.48 Å². The second-order valence-electron chi connectivity index (χ2n) is 2.50. The molecule has 0 aromatic rings. The molecule has 0 aliphatic carbocycles. The van der Waals surface area contributed by atoms with Gasteiger partial charge in [0.2, 0.25) is 5.91 Å². The Kier molecular flexibility index (Phi) is 6.63. The lowest BCUT2D eigenvalue weighted by Crippen LogP contribution is -2.18. The summed E-state index contributed by atoms with van der Waals surface area (Å²) in [6.45, 7) is 5.79. The van der Waals surface area contributed by atoms with Crippen LogP contribution in [0.1, 0.15) is 19.8 Å². The maximum Gasteiger partial charge on any atom is 0.243 e. The van der Waals surface area contributed by atoms with Gasteiger partial charge in [-0.3, -0.25) is 10.0 Å². The first-order valence-electron chi connectivity index (χ1n) is 4.05. The second kappa shape index (κ2) is 7.36. The number of nitrogens with one attached hydrogen (secondary N) is 1. The molecule has 0 aliphatic rings. The van der Waals surface area contributed by atoms with Gasteiger partial charge >= 0.3 is 0 Å². The second-order valence-corrected chi connectivity index (χ2v) is 2.50. The molecule has 0 aliphatic heterocycles. The largest absolute Gasteiger partial charge is 0.498 e. The fraction of sp³-hybridized carbons (Fsp3) is 0.444. The van der Waals surface area contributed by atoms with Gasteiger partial charge in [-0.2, -0.15) is 0 Å². The Hall–Kier alpha value is -1.29. The van der Waals surface area contributed by atoms with E-state index in [1.807, 2.05) is 6.92 Å². The number of hydroxylamine groups is 1. The Bertz CT molecular complexity index is 199. The Balaban J connectivity index is 3.40. The molecule has 0 bridgehead atoms. The van der Waals surface area contributed by atoms with Crippen molar-refractivity contribution in [3.63, 3.8) is 0 Å². The number of hydrogen-bond donors (Lipinski definition) is 2. The lowest BCUT2D eigenvalue weighted by atomic mass is 10.3. The van der Waals surface area contributed by atoms with Gasteiger partial charge in [0.25, 0.3) is 0 Å². The summed E-state index contributed by atoms with van der Waals surface area (Å²) in [6.07, 6.45) is 4.22. The molecule has 0 aromatic heterocycles. The summed E-state index contributed by atoms with van der Waals surface area (Å²) in [7, 11) is 0. The van der Waals surface area contributed by atoms with Gasteiger partial charge in [0, 0.05) is 6.42 Å². The molecule has 0 heterocycles. The van der Waals surface area contributed by atoms with Crippen molar-refractivity contribution in [1.82, 2.24) is 5.48 Å². The Labute approximate surface area is 77.9 Å². The highest BCUT2D eigenvalue weighted by atomic mass is 16.5. The summed E-state index contributed by atoms with van der Waals surface area (Å²) in [4.78, 5) is 10.5. The van der Waals surface area contributed by atoms with E-state index in [0.29, 0.717) is 13.0 Å². The van der Waals surface area contributed by atoms with Crippen LogP contribution in [0.3, 0.4) is 0 Å². The first-order chi connectivity index (χ1) is 6.20. The zero-order valence-electron chi connectivity index (χ0n) is 7.75. The average Bonchev–Trinajstić information content (AvgIpc) is 2.12. The molecule has 1 amide bonds. The zero-order chi connectivity index (χ0) is 10.1. The summed E-state index contributed by atoms with van der Waals surface area (Å²) in [5, 5.41) is 8.16. The quantitative estimate of drug-likeness (QED) is 0.216. The minimum Gasteiger partial charge on any atom is -0.498 e. The first kappa shape index (κ1) is 11.7. The lowest BCUT2D eigenvalue weighted by Gasteiger charge is -2.04. The van der Waals surface area contributed by atoms with Crippen LogP contribution < -0.4 is 5.48 Å². The molecule has 0 rings (SSSR count). The number of ether oxygens (including phenoxy) is 1. The third kappa shape index (κ3) is 7.08. The van der Waals surface area contributed by atoms with Crippen LogP contribution in [-0.2, 0) is 9.53 Å². The van der Waals surface area contributed by atoms with Crippen molar-refractivity contribution in [2.45, 2.75) is 19.8 Å². The zero-order valence-corrected chi connectivity index (χ0v) is 7.75. The highest BCUT2D eigenvalue weighted by Gasteiger charge is 1.98. The summed E-state index contributed by atoms with van der Waals surface area (Å²) < 4.78 is 5.21. The van der Waals surface area contributed by atoms with Gasteiger partial charge in [-0.1, -0.05) is 12.7 Å². The summed E-state index contributed by atoms with van der Waals surface area (Å²) >= 11 is 0. The third-order valence-corrected chi connectivity index (χ3v) is 1.36. The minimum absolute atomic E-state index is 0.262. The van der Waals surface area contributed by atoms with Crippen LogP contribution in [0, 0.1) is 0 Å². The van der Waals surface area contributed by atoms with Crippen molar-refractivity contribution in [3.8, 4) is 0 Å². The molecule has 4 nitrogen and oxygen atoms in total. The van der Waals surface area contributed by atoms with Crippen molar-refractivity contribution < 1.29 is 14.7 Å². The normalized spacial score (nSPS) is 10.8. The Morgan fingerprint density at radius 2 is 2.38 bits per heavy atom. The van der Waals surface area contributed by atoms with E-state index in [1.54, 1.807) is 17.6 Å². The number of hydrogen-bond acceptors (Lipinski definition) is 3. The molecule has 0 atom stereocenters. The number of carbonyl (C=O) groups is 1. The molecule has 0 unspecified atom stereocenters. The number of rotatable bonds is 6. The molecule has 0 saturated heterocycles. The van der Waals surface area contributed by atoms with Gasteiger partial charge in [0.05, 0.1) is 12.4 Å². The Morgan fingerprint density at radius 3 is 2.92 bits per heavy atom. The van der Waals surface area contributed by atoms with Gasteiger partial charge in [0.1, 0.15) is 0 Å². The highest BCUT2D eigenvalue weighted by Crippen LogP contribution is 1.98. The molecule has 13 heavy (non-hydrogen) atoms. The van der Waals surface area contributed by atoms with E-state index in [1.165, 1.54) is 0 Å². The van der Waals surface area contributed by atoms with Crippen molar-refractivity contribution >= 4 is 5.91 Å². The van der Waals surface area contributed by atoms with E-state index >= 15 is 0 Å². The first-order valence-corrected chi connectivity index (χ1v) is 4.05. The topological polar surface area (TPSA) is 58.6 Å².